The molecule has 2 aliphatic rings. The Labute approximate surface area is 356 Å². The Morgan fingerprint density at radius 2 is 1.02 bits per heavy atom. The lowest BCUT2D eigenvalue weighted by molar-refractivity contribution is -0.463. The van der Waals surface area contributed by atoms with Crippen LogP contribution in [0.15, 0.2) is 12.2 Å². The largest absolute Gasteiger partial charge is 0.479 e. The van der Waals surface area contributed by atoms with E-state index in [4.69, 9.17) is 14.2 Å². The lowest BCUT2D eigenvalue weighted by atomic mass is 9.61. The predicted octanol–water partition coefficient (Wildman–Crippen LogP) is -2.62. The van der Waals surface area contributed by atoms with Crippen molar-refractivity contribution in [1.82, 2.24) is 0 Å². The van der Waals surface area contributed by atoms with Gasteiger partial charge in [0.1, 0.15) is 12.7 Å². The van der Waals surface area contributed by atoms with Crippen LogP contribution in [0.2, 0.25) is 0 Å². The van der Waals surface area contributed by atoms with Crippen LogP contribution in [0.1, 0.15) is 96.8 Å². The average molecular weight is 915 g/mol. The quantitative estimate of drug-likeness (QED) is 0.0217. The van der Waals surface area contributed by atoms with Crippen molar-refractivity contribution < 1.29 is 129 Å². The second-order valence-corrected chi connectivity index (χ2v) is 15.1. The minimum Gasteiger partial charge on any atom is -0.479 e. The summed E-state index contributed by atoms with van der Waals surface area (Å²) in [5, 5.41) is 148. The number of aliphatic hydroxyl groups is 7. The first-order valence-corrected chi connectivity index (χ1v) is 19.6. The molecule has 0 saturated carbocycles. The molecule has 14 N–H and O–H groups in total. The van der Waals surface area contributed by atoms with Crippen LogP contribution in [0.25, 0.3) is 0 Å². The first-order chi connectivity index (χ1) is 29.2. The molecule has 0 spiro atoms. The van der Waals surface area contributed by atoms with Crippen LogP contribution in [0.3, 0.4) is 0 Å². The van der Waals surface area contributed by atoms with Gasteiger partial charge in [-0.1, -0.05) is 70.4 Å². The van der Waals surface area contributed by atoms with Crippen molar-refractivity contribution in [2.24, 2.45) is 0 Å². The normalized spacial score (nSPS) is 34.1. The number of rotatable bonds is 28. The second kappa shape index (κ2) is 20.7. The summed E-state index contributed by atoms with van der Waals surface area (Å²) in [5.41, 5.74) is -31.1. The molecule has 0 aliphatic carbocycles. The SMILES string of the molecule is CCCCCCCCC=CCCCCCCCC(=O)OC[C@@]1(O[C@@]2(C(=O)O)O[C@H](CO)[C@](O)(C(=O)O)[C@@](O)(C(=O)O)[C@]2(O)C(=O)O)O[C@@](CO)(C(=O)O)[C@](O)(C(=O)O)[C@@]1(O)C(=O)O. The van der Waals surface area contributed by atoms with Gasteiger partial charge in [-0.15, -0.1) is 0 Å². The first kappa shape index (κ1) is 54.2. The number of hydrogen-bond donors (Lipinski definition) is 14. The molecule has 0 amide bonds. The maximum absolute atomic E-state index is 13.2. The number of aliphatic hydroxyl groups excluding tert-OH is 2. The molecule has 2 heterocycles. The Hall–Kier alpha value is -4.90. The number of esters is 1. The van der Waals surface area contributed by atoms with Gasteiger partial charge in [0.2, 0.25) is 16.8 Å². The number of ether oxygens (including phenoxy) is 4. The highest BCUT2D eigenvalue weighted by molar-refractivity contribution is 6.04. The minimum atomic E-state index is -5.70. The minimum absolute atomic E-state index is 0.0437. The molecular weight excluding hydrogens is 860 g/mol. The van der Waals surface area contributed by atoms with Crippen molar-refractivity contribution in [2.45, 2.75) is 148 Å². The maximum Gasteiger partial charge on any atom is 0.368 e. The zero-order chi connectivity index (χ0) is 48.5. The highest BCUT2D eigenvalue weighted by Crippen LogP contribution is 2.59. The Morgan fingerprint density at radius 3 is 1.41 bits per heavy atom. The van der Waals surface area contributed by atoms with Crippen LogP contribution in [-0.2, 0) is 57.3 Å². The maximum atomic E-state index is 13.2. The Balaban J connectivity index is 2.67. The molecule has 2 aliphatic heterocycles. The van der Waals surface area contributed by atoms with Gasteiger partial charge in [-0.25, -0.2) is 33.6 Å². The molecule has 0 aromatic carbocycles. The fourth-order valence-electron chi connectivity index (χ4n) is 7.67. The molecule has 63 heavy (non-hydrogen) atoms. The van der Waals surface area contributed by atoms with Crippen LogP contribution >= 0.6 is 0 Å². The molecule has 9 atom stereocenters. The second-order valence-electron chi connectivity index (χ2n) is 15.1. The molecule has 26 heteroatoms. The molecular formula is C37H54O26. The van der Waals surface area contributed by atoms with Gasteiger partial charge in [-0.2, -0.15) is 0 Å². The predicted molar refractivity (Wildman–Crippen MR) is 198 cm³/mol. The summed E-state index contributed by atoms with van der Waals surface area (Å²) in [6.45, 7) is -4.97. The topological polar surface area (TPSA) is 457 Å². The van der Waals surface area contributed by atoms with Gasteiger partial charge in [0, 0.05) is 6.42 Å². The molecule has 2 rings (SSSR count). The number of unbranched alkanes of at least 4 members (excludes halogenated alkanes) is 11. The standard InChI is InChI=1S/C37H54O26/c1-2-3-4-5-6-7-8-9-10-11-12-13-14-15-16-17-22(40)60-20-31(34(57,26(47)48)33(56,25(45)46)30(19-39,62-31)23(41)42)63-37(29(53)54)36(59,28(51)52)35(58,27(49)50)32(55,24(43)44)21(18-38)61-37/h9-10,21,38-39,55-59H,2-8,11-20H2,1H3,(H,41,42)(H,43,44)(H,45,46)(H,47,48)(H,49,50)(H,51,52)(H,53,54)/t21-,30+,31+,32+,33-,34-,35+,36-,37-/m1/s1. The van der Waals surface area contributed by atoms with Crippen molar-refractivity contribution in [2.75, 3.05) is 19.8 Å². The van der Waals surface area contributed by atoms with Crippen molar-refractivity contribution >= 4 is 47.8 Å². The number of carbonyl (C=O) groups excluding carboxylic acids is 1. The summed E-state index contributed by atoms with van der Waals surface area (Å²) in [5.74, 6) is -34.6. The lowest BCUT2D eigenvalue weighted by Crippen LogP contribution is -2.92. The van der Waals surface area contributed by atoms with Crippen molar-refractivity contribution in [3.8, 4) is 0 Å². The third-order valence-corrected chi connectivity index (χ3v) is 11.3. The summed E-state index contributed by atoms with van der Waals surface area (Å²) in [6, 6.07) is 0. The molecule has 2 saturated heterocycles. The summed E-state index contributed by atoms with van der Waals surface area (Å²) in [7, 11) is 0. The Morgan fingerprint density at radius 1 is 0.556 bits per heavy atom. The van der Waals surface area contributed by atoms with E-state index in [2.05, 4.69) is 17.7 Å². The third kappa shape index (κ3) is 8.59. The van der Waals surface area contributed by atoms with Crippen LogP contribution in [-0.4, -0.2) is 190 Å². The fourth-order valence-corrected chi connectivity index (χ4v) is 7.67. The smallest absolute Gasteiger partial charge is 0.368 e. The van der Waals surface area contributed by atoms with E-state index in [1.807, 2.05) is 6.08 Å². The zero-order valence-electron chi connectivity index (χ0n) is 33.9. The average Bonchev–Trinajstić information content (AvgIpc) is 3.39. The molecule has 0 bridgehead atoms. The molecule has 0 aromatic heterocycles. The van der Waals surface area contributed by atoms with Crippen molar-refractivity contribution in [3.63, 3.8) is 0 Å². The summed E-state index contributed by atoms with van der Waals surface area (Å²) in [4.78, 5) is 102. The van der Waals surface area contributed by atoms with Crippen LogP contribution in [0.4, 0.5) is 0 Å². The summed E-state index contributed by atoms with van der Waals surface area (Å²) < 4.78 is 19.3. The zero-order valence-corrected chi connectivity index (χ0v) is 33.9. The van der Waals surface area contributed by atoms with Crippen LogP contribution in [0, 0.1) is 0 Å². The van der Waals surface area contributed by atoms with E-state index < -0.39 is 125 Å². The van der Waals surface area contributed by atoms with Gasteiger partial charge in [0.05, 0.1) is 13.2 Å². The number of allylic oxidation sites excluding steroid dienone is 2. The lowest BCUT2D eigenvalue weighted by Gasteiger charge is -2.58. The molecule has 26 nitrogen and oxygen atoms in total. The number of carboxylic acids is 7. The van der Waals surface area contributed by atoms with Crippen molar-refractivity contribution in [3.05, 3.63) is 12.2 Å². The van der Waals surface area contributed by atoms with Crippen LogP contribution < -0.4 is 0 Å². The first-order valence-electron chi connectivity index (χ1n) is 19.6. The third-order valence-electron chi connectivity index (χ3n) is 11.3. The Kier molecular flexibility index (Phi) is 17.8. The van der Waals surface area contributed by atoms with E-state index >= 15 is 0 Å². The summed E-state index contributed by atoms with van der Waals surface area (Å²) in [6.07, 6.45) is 10.8. The van der Waals surface area contributed by atoms with Gasteiger partial charge >= 0.3 is 53.5 Å². The highest BCUT2D eigenvalue weighted by Gasteiger charge is 2.95. The van der Waals surface area contributed by atoms with E-state index in [1.165, 1.54) is 19.3 Å². The summed E-state index contributed by atoms with van der Waals surface area (Å²) >= 11 is 0. The van der Waals surface area contributed by atoms with E-state index in [0.717, 1.165) is 38.5 Å². The van der Waals surface area contributed by atoms with E-state index in [1.54, 1.807) is 0 Å². The molecule has 2 fully saturated rings. The van der Waals surface area contributed by atoms with Gasteiger partial charge < -0.3 is 85.7 Å². The number of hydrogen-bond acceptors (Lipinski definition) is 19. The molecule has 358 valence electrons. The highest BCUT2D eigenvalue weighted by atomic mass is 16.8. The van der Waals surface area contributed by atoms with E-state index in [9.17, 15) is 110 Å². The number of carbonyl (C=O) groups is 8. The fraction of sp³-hybridized carbons (Fsp3) is 0.730. The van der Waals surface area contributed by atoms with Gasteiger partial charge in [0.15, 0.2) is 0 Å². The molecule has 0 aromatic rings. The van der Waals surface area contributed by atoms with Crippen molar-refractivity contribution in [1.29, 1.82) is 0 Å². The number of aliphatic carboxylic acids is 7. The number of carboxylic acid groups (broad SMARTS) is 7. The van der Waals surface area contributed by atoms with Gasteiger partial charge in [-0.05, 0) is 32.1 Å². The monoisotopic (exact) mass is 914 g/mol. The van der Waals surface area contributed by atoms with Crippen LogP contribution in [0.5, 0.6) is 0 Å². The molecule has 0 radical (unpaired) electrons. The Bertz CT molecular complexity index is 1770. The van der Waals surface area contributed by atoms with E-state index in [-0.39, 0.29) is 6.42 Å². The molecule has 0 unspecified atom stereocenters. The van der Waals surface area contributed by atoms with E-state index in [0.29, 0.717) is 19.3 Å². The van der Waals surface area contributed by atoms with Gasteiger partial charge in [0.25, 0.3) is 22.6 Å². The van der Waals surface area contributed by atoms with Gasteiger partial charge in [-0.3, -0.25) is 9.53 Å².